The van der Waals surface area contributed by atoms with E-state index >= 15 is 0 Å². The number of rotatable bonds is 5. The van der Waals surface area contributed by atoms with Gasteiger partial charge in [-0.15, -0.1) is 0 Å². The fourth-order valence-electron chi connectivity index (χ4n) is 1.62. The lowest BCUT2D eigenvalue weighted by molar-refractivity contribution is 0.0660. The van der Waals surface area contributed by atoms with E-state index in [4.69, 9.17) is 9.52 Å². The highest BCUT2D eigenvalue weighted by Gasteiger charge is 2.10. The molecule has 0 saturated heterocycles. The molecule has 2 aromatic rings. The summed E-state index contributed by atoms with van der Waals surface area (Å²) in [4.78, 5) is 22.3. The van der Waals surface area contributed by atoms with Crippen molar-refractivity contribution in [2.45, 2.75) is 26.4 Å². The quantitative estimate of drug-likeness (QED) is 0.781. The zero-order chi connectivity index (χ0) is 15.4. The first kappa shape index (κ1) is 14.6. The van der Waals surface area contributed by atoms with E-state index in [9.17, 15) is 9.59 Å². The van der Waals surface area contributed by atoms with Crippen molar-refractivity contribution in [1.82, 2.24) is 15.1 Å². The first-order chi connectivity index (χ1) is 9.95. The summed E-state index contributed by atoms with van der Waals surface area (Å²) in [5.41, 5.74) is 0.576. The Morgan fingerprint density at radius 2 is 2.19 bits per heavy atom. The number of hydrogen-bond acceptors (Lipinski definition) is 4. The van der Waals surface area contributed by atoms with Crippen LogP contribution >= 0.6 is 0 Å². The molecular weight excluding hydrogens is 276 g/mol. The Balaban J connectivity index is 1.85. The molecule has 0 spiro atoms. The number of nitrogens with one attached hydrogen (secondary N) is 2. The Morgan fingerprint density at radius 3 is 2.76 bits per heavy atom. The number of aromatic nitrogens is 2. The van der Waals surface area contributed by atoms with Gasteiger partial charge in [0.15, 0.2) is 0 Å². The van der Waals surface area contributed by atoms with E-state index in [1.54, 1.807) is 17.1 Å². The topological polar surface area (TPSA) is 109 Å². The number of urea groups is 1. The van der Waals surface area contributed by atoms with Gasteiger partial charge in [-0.3, -0.25) is 4.68 Å². The molecule has 0 unspecified atom stereocenters. The summed E-state index contributed by atoms with van der Waals surface area (Å²) in [7, 11) is 0. The SMILES string of the molecule is CC(C)n1cc(NC(=O)NCc2ccc(C(=O)O)o2)cn1. The second kappa shape index (κ2) is 6.12. The van der Waals surface area contributed by atoms with Crippen LogP contribution in [0, 0.1) is 0 Å². The first-order valence-corrected chi connectivity index (χ1v) is 6.36. The molecule has 112 valence electrons. The summed E-state index contributed by atoms with van der Waals surface area (Å²) in [5, 5.41) is 18.0. The summed E-state index contributed by atoms with van der Waals surface area (Å²) in [6.07, 6.45) is 3.27. The largest absolute Gasteiger partial charge is 0.475 e. The molecular formula is C13H16N4O4. The van der Waals surface area contributed by atoms with E-state index < -0.39 is 12.0 Å². The van der Waals surface area contributed by atoms with Crippen LogP contribution in [-0.2, 0) is 6.54 Å². The number of amides is 2. The number of furan rings is 1. The van der Waals surface area contributed by atoms with Crippen LogP contribution in [-0.4, -0.2) is 26.9 Å². The van der Waals surface area contributed by atoms with Crippen molar-refractivity contribution in [2.75, 3.05) is 5.32 Å². The number of aromatic carboxylic acids is 1. The van der Waals surface area contributed by atoms with E-state index in [1.165, 1.54) is 12.1 Å². The Bertz CT molecular complexity index is 644. The lowest BCUT2D eigenvalue weighted by atomic mass is 10.4. The van der Waals surface area contributed by atoms with Crippen LogP contribution in [0.15, 0.2) is 28.9 Å². The first-order valence-electron chi connectivity index (χ1n) is 6.36. The number of carbonyl (C=O) groups is 2. The van der Waals surface area contributed by atoms with Crippen molar-refractivity contribution in [3.63, 3.8) is 0 Å². The minimum absolute atomic E-state index is 0.0947. The highest BCUT2D eigenvalue weighted by molar-refractivity contribution is 5.88. The number of anilines is 1. The summed E-state index contributed by atoms with van der Waals surface area (Å²) in [6, 6.07) is 2.62. The zero-order valence-electron chi connectivity index (χ0n) is 11.7. The molecule has 2 heterocycles. The van der Waals surface area contributed by atoms with Crippen molar-refractivity contribution in [3.05, 3.63) is 36.0 Å². The molecule has 0 aromatic carbocycles. The Morgan fingerprint density at radius 1 is 1.43 bits per heavy atom. The molecule has 21 heavy (non-hydrogen) atoms. The van der Waals surface area contributed by atoms with Crippen molar-refractivity contribution in [2.24, 2.45) is 0 Å². The van der Waals surface area contributed by atoms with Gasteiger partial charge >= 0.3 is 12.0 Å². The normalized spacial score (nSPS) is 10.6. The molecule has 8 nitrogen and oxygen atoms in total. The highest BCUT2D eigenvalue weighted by atomic mass is 16.4. The maximum atomic E-state index is 11.7. The molecule has 0 radical (unpaired) electrons. The second-order valence-corrected chi connectivity index (χ2v) is 4.68. The maximum absolute atomic E-state index is 11.7. The lowest BCUT2D eigenvalue weighted by Gasteiger charge is -2.05. The Hall–Kier alpha value is -2.77. The van der Waals surface area contributed by atoms with Gasteiger partial charge in [-0.2, -0.15) is 5.10 Å². The standard InChI is InChI=1S/C13H16N4O4/c1-8(2)17-7-9(5-15-17)16-13(20)14-6-10-3-4-11(21-10)12(18)19/h3-5,7-8H,6H2,1-2H3,(H,18,19)(H2,14,16,20). The van der Waals surface area contributed by atoms with Crippen LogP contribution in [0.3, 0.4) is 0 Å². The van der Waals surface area contributed by atoms with Gasteiger partial charge in [0, 0.05) is 12.2 Å². The van der Waals surface area contributed by atoms with Gasteiger partial charge in [-0.05, 0) is 26.0 Å². The monoisotopic (exact) mass is 292 g/mol. The number of hydrogen-bond donors (Lipinski definition) is 3. The Kier molecular flexibility index (Phi) is 4.27. The molecule has 0 saturated carbocycles. The van der Waals surface area contributed by atoms with E-state index in [-0.39, 0.29) is 18.3 Å². The zero-order valence-corrected chi connectivity index (χ0v) is 11.7. The lowest BCUT2D eigenvalue weighted by Crippen LogP contribution is -2.27. The van der Waals surface area contributed by atoms with Crippen LogP contribution in [0.25, 0.3) is 0 Å². The third kappa shape index (κ3) is 3.85. The molecule has 2 amide bonds. The molecule has 8 heteroatoms. The van der Waals surface area contributed by atoms with Crippen molar-refractivity contribution >= 4 is 17.7 Å². The predicted molar refractivity (Wildman–Crippen MR) is 74.1 cm³/mol. The highest BCUT2D eigenvalue weighted by Crippen LogP contribution is 2.10. The minimum Gasteiger partial charge on any atom is -0.475 e. The fraction of sp³-hybridized carbons (Fsp3) is 0.308. The average Bonchev–Trinajstić information content (AvgIpc) is 3.05. The third-order valence-corrected chi connectivity index (χ3v) is 2.68. The van der Waals surface area contributed by atoms with Gasteiger partial charge < -0.3 is 20.2 Å². The smallest absolute Gasteiger partial charge is 0.371 e. The van der Waals surface area contributed by atoms with Crippen LogP contribution in [0.2, 0.25) is 0 Å². The van der Waals surface area contributed by atoms with E-state index in [0.29, 0.717) is 11.4 Å². The molecule has 3 N–H and O–H groups in total. The molecule has 0 aliphatic carbocycles. The van der Waals surface area contributed by atoms with Crippen LogP contribution < -0.4 is 10.6 Å². The van der Waals surface area contributed by atoms with Gasteiger partial charge in [-0.25, -0.2) is 9.59 Å². The van der Waals surface area contributed by atoms with Crippen LogP contribution in [0.1, 0.15) is 36.2 Å². The second-order valence-electron chi connectivity index (χ2n) is 4.68. The molecule has 2 aromatic heterocycles. The van der Waals surface area contributed by atoms with Gasteiger partial charge in [0.05, 0.1) is 18.4 Å². The average molecular weight is 292 g/mol. The summed E-state index contributed by atoms with van der Waals surface area (Å²) in [5.74, 6) is -0.947. The van der Waals surface area contributed by atoms with Crippen LogP contribution in [0.4, 0.5) is 10.5 Å². The molecule has 0 aliphatic rings. The van der Waals surface area contributed by atoms with Crippen molar-refractivity contribution < 1.29 is 19.1 Å². The minimum atomic E-state index is -1.15. The molecule has 0 bridgehead atoms. The molecule has 0 fully saturated rings. The maximum Gasteiger partial charge on any atom is 0.371 e. The van der Waals surface area contributed by atoms with Gasteiger partial charge in [0.2, 0.25) is 5.76 Å². The van der Waals surface area contributed by atoms with Gasteiger partial charge in [0.1, 0.15) is 5.76 Å². The molecule has 0 aliphatic heterocycles. The number of nitrogens with zero attached hydrogens (tertiary/aromatic N) is 2. The Labute approximate surface area is 120 Å². The van der Waals surface area contributed by atoms with E-state index in [0.717, 1.165) is 0 Å². The molecule has 2 rings (SSSR count). The van der Waals surface area contributed by atoms with Gasteiger partial charge in [-0.1, -0.05) is 0 Å². The fourth-order valence-corrected chi connectivity index (χ4v) is 1.62. The van der Waals surface area contributed by atoms with Crippen LogP contribution in [0.5, 0.6) is 0 Å². The number of carboxylic acid groups (broad SMARTS) is 1. The third-order valence-electron chi connectivity index (χ3n) is 2.68. The molecule has 0 atom stereocenters. The summed E-state index contributed by atoms with van der Waals surface area (Å²) < 4.78 is 6.75. The van der Waals surface area contributed by atoms with Crippen molar-refractivity contribution in [3.8, 4) is 0 Å². The van der Waals surface area contributed by atoms with Crippen molar-refractivity contribution in [1.29, 1.82) is 0 Å². The predicted octanol–water partition coefficient (Wildman–Crippen LogP) is 2.08. The van der Waals surface area contributed by atoms with Gasteiger partial charge in [0.25, 0.3) is 0 Å². The van der Waals surface area contributed by atoms with E-state index in [2.05, 4.69) is 15.7 Å². The number of carboxylic acids is 1. The number of carbonyl (C=O) groups excluding carboxylic acids is 1. The summed E-state index contributed by atoms with van der Waals surface area (Å²) in [6.45, 7) is 4.05. The summed E-state index contributed by atoms with van der Waals surface area (Å²) >= 11 is 0. The van der Waals surface area contributed by atoms with E-state index in [1.807, 2.05) is 13.8 Å².